The van der Waals surface area contributed by atoms with Crippen molar-refractivity contribution in [1.82, 2.24) is 0 Å². The zero-order valence-corrected chi connectivity index (χ0v) is 8.47. The van der Waals surface area contributed by atoms with Crippen LogP contribution in [0.25, 0.3) is 0 Å². The molecule has 2 nitrogen and oxygen atoms in total. The van der Waals surface area contributed by atoms with E-state index in [9.17, 15) is 8.78 Å². The Morgan fingerprint density at radius 1 is 1.40 bits per heavy atom. The van der Waals surface area contributed by atoms with E-state index in [1.165, 1.54) is 18.2 Å². The molecule has 0 aliphatic carbocycles. The van der Waals surface area contributed by atoms with Crippen LogP contribution in [0.15, 0.2) is 23.4 Å². The number of hydrogen-bond acceptors (Lipinski definition) is 2. The summed E-state index contributed by atoms with van der Waals surface area (Å²) < 4.78 is 26.6. The van der Waals surface area contributed by atoms with Crippen LogP contribution in [-0.4, -0.2) is 17.7 Å². The van der Waals surface area contributed by atoms with Gasteiger partial charge in [0.05, 0.1) is 17.2 Å². The predicted octanol–water partition coefficient (Wildman–Crippen LogP) is 2.70. The van der Waals surface area contributed by atoms with Crippen LogP contribution >= 0.6 is 11.6 Å². The van der Waals surface area contributed by atoms with Crippen molar-refractivity contribution < 1.29 is 13.6 Å². The van der Waals surface area contributed by atoms with E-state index in [0.717, 1.165) is 0 Å². The average molecular weight is 232 g/mol. The molecule has 1 aromatic rings. The highest BCUT2D eigenvalue weighted by Crippen LogP contribution is 2.21. The quantitative estimate of drug-likeness (QED) is 0.717. The lowest BCUT2D eigenvalue weighted by Crippen LogP contribution is -2.11. The van der Waals surface area contributed by atoms with E-state index < -0.39 is 11.6 Å². The fourth-order valence-electron chi connectivity index (χ4n) is 1.43. The molecule has 0 aromatic heterocycles. The molecule has 0 saturated carbocycles. The van der Waals surface area contributed by atoms with Crippen molar-refractivity contribution in [3.05, 3.63) is 35.4 Å². The predicted molar refractivity (Wildman–Crippen MR) is 53.1 cm³/mol. The summed E-state index contributed by atoms with van der Waals surface area (Å²) in [7, 11) is 0. The van der Waals surface area contributed by atoms with Crippen molar-refractivity contribution in [1.29, 1.82) is 0 Å². The summed E-state index contributed by atoms with van der Waals surface area (Å²) in [5.41, 5.74) is 0.154. The second-order valence-corrected chi connectivity index (χ2v) is 3.53. The molecule has 1 aliphatic rings. The van der Waals surface area contributed by atoms with Gasteiger partial charge in [-0.05, 0) is 12.1 Å². The molecule has 5 heteroatoms. The van der Waals surface area contributed by atoms with E-state index in [-0.39, 0.29) is 23.3 Å². The topological polar surface area (TPSA) is 21.6 Å². The van der Waals surface area contributed by atoms with Gasteiger partial charge in [0, 0.05) is 6.42 Å². The number of hydrogen-bond donors (Lipinski definition) is 0. The molecule has 1 heterocycles. The molecule has 0 radical (unpaired) electrons. The molecular formula is C10H8ClF2NO. The maximum absolute atomic E-state index is 13.3. The van der Waals surface area contributed by atoms with Crippen molar-refractivity contribution in [3.63, 3.8) is 0 Å². The van der Waals surface area contributed by atoms with Gasteiger partial charge in [-0.15, -0.1) is 11.6 Å². The Morgan fingerprint density at radius 3 is 2.60 bits per heavy atom. The second kappa shape index (κ2) is 4.14. The van der Waals surface area contributed by atoms with Crippen molar-refractivity contribution in [2.24, 2.45) is 5.16 Å². The van der Waals surface area contributed by atoms with E-state index >= 15 is 0 Å². The van der Waals surface area contributed by atoms with Gasteiger partial charge in [-0.2, -0.15) is 0 Å². The minimum atomic E-state index is -0.632. The molecule has 2 rings (SSSR count). The van der Waals surface area contributed by atoms with Crippen LogP contribution in [0.5, 0.6) is 0 Å². The van der Waals surface area contributed by atoms with Gasteiger partial charge < -0.3 is 4.84 Å². The summed E-state index contributed by atoms with van der Waals surface area (Å²) in [6.07, 6.45) is 0.0436. The first-order valence-corrected chi connectivity index (χ1v) is 4.99. The van der Waals surface area contributed by atoms with Crippen LogP contribution in [0, 0.1) is 11.6 Å². The van der Waals surface area contributed by atoms with Gasteiger partial charge in [-0.1, -0.05) is 11.2 Å². The van der Waals surface area contributed by atoms with Gasteiger partial charge in [0.25, 0.3) is 0 Å². The highest BCUT2D eigenvalue weighted by molar-refractivity contribution is 6.18. The van der Waals surface area contributed by atoms with E-state index in [4.69, 9.17) is 16.4 Å². The highest BCUT2D eigenvalue weighted by Gasteiger charge is 2.25. The SMILES string of the molecule is Fc1cccc(F)c1C1=NO[C@@H](CCl)C1. The maximum atomic E-state index is 13.3. The standard InChI is InChI=1S/C10H8ClF2NO/c11-5-6-4-9(14-15-6)10-7(12)2-1-3-8(10)13/h1-3,6H,4-5H2/t6-/m1/s1. The number of oxime groups is 1. The third kappa shape index (κ3) is 1.95. The summed E-state index contributed by atoms with van der Waals surface area (Å²) in [6.45, 7) is 0. The van der Waals surface area contributed by atoms with Gasteiger partial charge in [-0.25, -0.2) is 8.78 Å². The highest BCUT2D eigenvalue weighted by atomic mass is 35.5. The van der Waals surface area contributed by atoms with Crippen LogP contribution in [0.3, 0.4) is 0 Å². The van der Waals surface area contributed by atoms with Crippen molar-refractivity contribution in [3.8, 4) is 0 Å². The largest absolute Gasteiger partial charge is 0.391 e. The summed E-state index contributed by atoms with van der Waals surface area (Å²) >= 11 is 5.55. The number of benzene rings is 1. The van der Waals surface area contributed by atoms with Gasteiger partial charge in [0.15, 0.2) is 0 Å². The summed E-state index contributed by atoms with van der Waals surface area (Å²) in [5, 5.41) is 3.63. The summed E-state index contributed by atoms with van der Waals surface area (Å²) in [4.78, 5) is 4.90. The van der Waals surface area contributed by atoms with Crippen LogP contribution in [0.1, 0.15) is 12.0 Å². The molecule has 1 aliphatic heterocycles. The van der Waals surface area contributed by atoms with Crippen LogP contribution < -0.4 is 0 Å². The zero-order chi connectivity index (χ0) is 10.8. The van der Waals surface area contributed by atoms with E-state index in [0.29, 0.717) is 6.42 Å². The lowest BCUT2D eigenvalue weighted by atomic mass is 10.0. The van der Waals surface area contributed by atoms with Gasteiger partial charge in [0.1, 0.15) is 17.7 Å². The molecule has 0 bridgehead atoms. The van der Waals surface area contributed by atoms with Crippen molar-refractivity contribution >= 4 is 17.3 Å². The minimum absolute atomic E-state index is 0.120. The monoisotopic (exact) mass is 231 g/mol. The lowest BCUT2D eigenvalue weighted by molar-refractivity contribution is 0.102. The van der Waals surface area contributed by atoms with Gasteiger partial charge in [-0.3, -0.25) is 0 Å². The van der Waals surface area contributed by atoms with Crippen molar-refractivity contribution in [2.45, 2.75) is 12.5 Å². The molecule has 15 heavy (non-hydrogen) atoms. The molecule has 0 amide bonds. The number of nitrogens with zero attached hydrogens (tertiary/aromatic N) is 1. The maximum Gasteiger partial charge on any atom is 0.146 e. The number of rotatable bonds is 2. The fourth-order valence-corrected chi connectivity index (χ4v) is 1.60. The molecule has 0 fully saturated rings. The zero-order valence-electron chi connectivity index (χ0n) is 7.71. The van der Waals surface area contributed by atoms with Crippen LogP contribution in [0.4, 0.5) is 8.78 Å². The smallest absolute Gasteiger partial charge is 0.146 e. The normalized spacial score (nSPS) is 19.9. The Balaban J connectivity index is 2.31. The Hall–Kier alpha value is -1.16. The van der Waals surface area contributed by atoms with Crippen LogP contribution in [0.2, 0.25) is 0 Å². The Labute approximate surface area is 90.5 Å². The fraction of sp³-hybridized carbons (Fsp3) is 0.300. The van der Waals surface area contributed by atoms with E-state index in [1.807, 2.05) is 0 Å². The third-order valence-corrected chi connectivity index (χ3v) is 2.50. The van der Waals surface area contributed by atoms with E-state index in [1.54, 1.807) is 0 Å². The molecule has 80 valence electrons. The molecule has 0 unspecified atom stereocenters. The van der Waals surface area contributed by atoms with Crippen LogP contribution in [-0.2, 0) is 4.84 Å². The van der Waals surface area contributed by atoms with Gasteiger partial charge >= 0.3 is 0 Å². The van der Waals surface area contributed by atoms with E-state index in [2.05, 4.69) is 5.16 Å². The third-order valence-electron chi connectivity index (χ3n) is 2.16. The number of halogens is 3. The molecular weight excluding hydrogens is 224 g/mol. The first kappa shape index (κ1) is 10.4. The molecule has 1 atom stereocenters. The lowest BCUT2D eigenvalue weighted by Gasteiger charge is -2.03. The first-order valence-electron chi connectivity index (χ1n) is 4.45. The summed E-state index contributed by atoms with van der Waals surface area (Å²) in [5.74, 6) is -1.01. The second-order valence-electron chi connectivity index (χ2n) is 3.22. The molecule has 1 aromatic carbocycles. The Kier molecular flexibility index (Phi) is 2.86. The molecule has 0 N–H and O–H groups in total. The number of alkyl halides is 1. The minimum Gasteiger partial charge on any atom is -0.391 e. The Bertz CT molecular complexity index is 388. The Morgan fingerprint density at radius 2 is 2.07 bits per heavy atom. The summed E-state index contributed by atoms with van der Waals surface area (Å²) in [6, 6.07) is 3.69. The van der Waals surface area contributed by atoms with Crippen molar-refractivity contribution in [2.75, 3.05) is 5.88 Å². The van der Waals surface area contributed by atoms with Gasteiger partial charge in [0.2, 0.25) is 0 Å². The molecule has 0 saturated heterocycles. The molecule has 0 spiro atoms. The average Bonchev–Trinajstić information content (AvgIpc) is 2.66. The first-order chi connectivity index (χ1) is 7.22.